The van der Waals surface area contributed by atoms with E-state index in [0.717, 1.165) is 34.5 Å². The molecule has 2 aromatic heterocycles. The van der Waals surface area contributed by atoms with Crippen molar-refractivity contribution in [1.29, 1.82) is 0 Å². The van der Waals surface area contributed by atoms with E-state index in [0.29, 0.717) is 0 Å². The number of aliphatic hydroxyl groups excluding tert-OH is 1. The molecule has 0 fully saturated rings. The third-order valence-corrected chi connectivity index (χ3v) is 3.81. The highest BCUT2D eigenvalue weighted by Crippen LogP contribution is 2.22. The van der Waals surface area contributed by atoms with Crippen molar-refractivity contribution in [3.63, 3.8) is 0 Å². The summed E-state index contributed by atoms with van der Waals surface area (Å²) >= 11 is 3.58. The average Bonchev–Trinajstić information content (AvgIpc) is 2.89. The largest absolute Gasteiger partial charge is 0.392 e. The number of aryl methyl sites for hydroxylation is 2. The van der Waals surface area contributed by atoms with Crippen LogP contribution in [0.4, 0.5) is 0 Å². The molecule has 0 radical (unpaired) electrons. The second-order valence-electron chi connectivity index (χ2n) is 4.01. The van der Waals surface area contributed by atoms with Gasteiger partial charge in [-0.2, -0.15) is 5.10 Å². The molecule has 0 aliphatic rings. The quantitative estimate of drug-likeness (QED) is 0.941. The van der Waals surface area contributed by atoms with E-state index in [4.69, 9.17) is 5.11 Å². The zero-order chi connectivity index (χ0) is 12.4. The Morgan fingerprint density at radius 2 is 2.24 bits per heavy atom. The van der Waals surface area contributed by atoms with Crippen LogP contribution in [-0.4, -0.2) is 19.5 Å². The van der Waals surface area contributed by atoms with Gasteiger partial charge in [0.15, 0.2) is 0 Å². The van der Waals surface area contributed by atoms with Crippen LogP contribution in [0.5, 0.6) is 0 Å². The van der Waals surface area contributed by atoms with Crippen LogP contribution in [0.15, 0.2) is 22.9 Å². The van der Waals surface area contributed by atoms with Crippen LogP contribution in [0.3, 0.4) is 0 Å². The van der Waals surface area contributed by atoms with Gasteiger partial charge in [-0.05, 0) is 41.4 Å². The molecule has 1 N–H and O–H groups in total. The van der Waals surface area contributed by atoms with Gasteiger partial charge in [-0.1, -0.05) is 0 Å². The first-order chi connectivity index (χ1) is 8.15. The summed E-state index contributed by atoms with van der Waals surface area (Å²) in [6.45, 7) is 5.77. The Bertz CT molecular complexity index is 516. The summed E-state index contributed by atoms with van der Waals surface area (Å²) in [6.07, 6.45) is 3.93. The van der Waals surface area contributed by atoms with E-state index in [1.165, 1.54) is 0 Å². The van der Waals surface area contributed by atoms with E-state index >= 15 is 0 Å². The predicted molar refractivity (Wildman–Crippen MR) is 69.8 cm³/mol. The first kappa shape index (κ1) is 12.4. The molecule has 2 aromatic rings. The van der Waals surface area contributed by atoms with Crippen molar-refractivity contribution >= 4 is 15.9 Å². The van der Waals surface area contributed by atoms with E-state index in [2.05, 4.69) is 32.5 Å². The van der Waals surface area contributed by atoms with Crippen LogP contribution in [0.1, 0.15) is 23.9 Å². The minimum Gasteiger partial charge on any atom is -0.392 e. The Balaban J connectivity index is 2.28. The number of halogens is 1. The second-order valence-corrected chi connectivity index (χ2v) is 4.81. The Morgan fingerprint density at radius 3 is 2.82 bits per heavy atom. The van der Waals surface area contributed by atoms with Gasteiger partial charge >= 0.3 is 0 Å². The minimum absolute atomic E-state index is 0.0836. The number of rotatable bonds is 4. The number of hydrogen-bond acceptors (Lipinski definition) is 2. The summed E-state index contributed by atoms with van der Waals surface area (Å²) < 4.78 is 5.12. The molecular formula is C12H16BrN3O. The number of nitrogens with zero attached hydrogens (tertiary/aromatic N) is 3. The molecule has 0 aliphatic carbocycles. The van der Waals surface area contributed by atoms with Gasteiger partial charge in [0.1, 0.15) is 0 Å². The third kappa shape index (κ3) is 2.45. The molecule has 2 heterocycles. The second kappa shape index (κ2) is 5.06. The van der Waals surface area contributed by atoms with Gasteiger partial charge in [0.05, 0.1) is 29.0 Å². The lowest BCUT2D eigenvalue weighted by Crippen LogP contribution is -2.07. The van der Waals surface area contributed by atoms with Crippen LogP contribution in [0.25, 0.3) is 0 Å². The average molecular weight is 298 g/mol. The van der Waals surface area contributed by atoms with Gasteiger partial charge in [0.2, 0.25) is 0 Å². The maximum Gasteiger partial charge on any atom is 0.0739 e. The number of aromatic nitrogens is 3. The lowest BCUT2D eigenvalue weighted by Gasteiger charge is -2.06. The molecule has 0 atom stereocenters. The normalized spacial score (nSPS) is 11.1. The van der Waals surface area contributed by atoms with Gasteiger partial charge < -0.3 is 9.67 Å². The molecule has 4 nitrogen and oxygen atoms in total. The summed E-state index contributed by atoms with van der Waals surface area (Å²) in [4.78, 5) is 0. The molecule has 0 saturated carbocycles. The first-order valence-corrected chi connectivity index (χ1v) is 6.42. The lowest BCUT2D eigenvalue weighted by atomic mass is 10.3. The Kier molecular flexibility index (Phi) is 3.69. The highest BCUT2D eigenvalue weighted by atomic mass is 79.9. The van der Waals surface area contributed by atoms with Crippen molar-refractivity contribution in [2.45, 2.75) is 33.5 Å². The van der Waals surface area contributed by atoms with Gasteiger partial charge in [-0.25, -0.2) is 0 Å². The number of aliphatic hydroxyl groups is 1. The third-order valence-electron chi connectivity index (χ3n) is 2.78. The van der Waals surface area contributed by atoms with Gasteiger partial charge in [-0.3, -0.25) is 4.68 Å². The van der Waals surface area contributed by atoms with Crippen molar-refractivity contribution in [1.82, 2.24) is 14.3 Å². The Labute approximate surface area is 109 Å². The fraction of sp³-hybridized carbons (Fsp3) is 0.417. The molecular weight excluding hydrogens is 282 g/mol. The van der Waals surface area contributed by atoms with Crippen molar-refractivity contribution in [3.8, 4) is 0 Å². The van der Waals surface area contributed by atoms with Gasteiger partial charge in [0, 0.05) is 18.9 Å². The van der Waals surface area contributed by atoms with Crippen molar-refractivity contribution in [2.75, 3.05) is 0 Å². The molecule has 0 unspecified atom stereocenters. The van der Waals surface area contributed by atoms with E-state index in [-0.39, 0.29) is 6.61 Å². The predicted octanol–water partition coefficient (Wildman–Crippen LogP) is 2.32. The smallest absolute Gasteiger partial charge is 0.0739 e. The summed E-state index contributed by atoms with van der Waals surface area (Å²) in [5.74, 6) is 0. The zero-order valence-electron chi connectivity index (χ0n) is 10.0. The topological polar surface area (TPSA) is 43.0 Å². The van der Waals surface area contributed by atoms with Gasteiger partial charge in [-0.15, -0.1) is 0 Å². The van der Waals surface area contributed by atoms with Crippen LogP contribution >= 0.6 is 15.9 Å². The summed E-state index contributed by atoms with van der Waals surface area (Å²) in [7, 11) is 0. The lowest BCUT2D eigenvalue weighted by molar-refractivity contribution is 0.281. The maximum absolute atomic E-state index is 9.04. The molecule has 0 spiro atoms. The van der Waals surface area contributed by atoms with Crippen molar-refractivity contribution < 1.29 is 5.11 Å². The Morgan fingerprint density at radius 1 is 1.47 bits per heavy atom. The monoisotopic (exact) mass is 297 g/mol. The molecule has 0 aromatic carbocycles. The summed E-state index contributed by atoms with van der Waals surface area (Å²) in [6, 6.07) is 1.92. The SMILES string of the molecule is CCn1nc(C)c(Br)c1Cn1ccc(CO)c1. The highest BCUT2D eigenvalue weighted by molar-refractivity contribution is 9.10. The maximum atomic E-state index is 9.04. The molecule has 2 rings (SSSR count). The first-order valence-electron chi connectivity index (χ1n) is 5.63. The van der Waals surface area contributed by atoms with E-state index in [1.807, 2.05) is 30.1 Å². The van der Waals surface area contributed by atoms with Crippen LogP contribution in [0, 0.1) is 6.92 Å². The van der Waals surface area contributed by atoms with Crippen molar-refractivity contribution in [3.05, 3.63) is 39.9 Å². The molecule has 92 valence electrons. The molecule has 0 aliphatic heterocycles. The highest BCUT2D eigenvalue weighted by Gasteiger charge is 2.12. The number of hydrogen-bond donors (Lipinski definition) is 1. The van der Waals surface area contributed by atoms with Crippen molar-refractivity contribution in [2.24, 2.45) is 0 Å². The van der Waals surface area contributed by atoms with Crippen LogP contribution in [-0.2, 0) is 19.7 Å². The molecule has 17 heavy (non-hydrogen) atoms. The standard InChI is InChI=1S/C12H16BrN3O/c1-3-16-11(12(13)9(2)14-16)7-15-5-4-10(6-15)8-17/h4-6,17H,3,7-8H2,1-2H3. The fourth-order valence-electron chi connectivity index (χ4n) is 1.88. The van der Waals surface area contributed by atoms with Crippen LogP contribution < -0.4 is 0 Å². The van der Waals surface area contributed by atoms with E-state index in [9.17, 15) is 0 Å². The fourth-order valence-corrected chi connectivity index (χ4v) is 2.28. The molecule has 0 saturated heterocycles. The minimum atomic E-state index is 0.0836. The molecule has 0 amide bonds. The van der Waals surface area contributed by atoms with Crippen LogP contribution in [0.2, 0.25) is 0 Å². The zero-order valence-corrected chi connectivity index (χ0v) is 11.6. The summed E-state index contributed by atoms with van der Waals surface area (Å²) in [5.41, 5.74) is 3.10. The van der Waals surface area contributed by atoms with E-state index in [1.54, 1.807) is 0 Å². The Hall–Kier alpha value is -1.07. The van der Waals surface area contributed by atoms with Gasteiger partial charge in [0.25, 0.3) is 0 Å². The molecule has 5 heteroatoms. The van der Waals surface area contributed by atoms with E-state index < -0.39 is 0 Å². The summed E-state index contributed by atoms with van der Waals surface area (Å²) in [5, 5.41) is 13.5. The molecule has 0 bridgehead atoms.